The van der Waals surface area contributed by atoms with E-state index in [-0.39, 0.29) is 12.1 Å². The molecule has 0 unspecified atom stereocenters. The predicted octanol–water partition coefficient (Wildman–Crippen LogP) is 2.10. The van der Waals surface area contributed by atoms with E-state index in [0.29, 0.717) is 11.2 Å². The summed E-state index contributed by atoms with van der Waals surface area (Å²) >= 11 is 1.26. The standard InChI is InChI=1S/C13H11F2N3O2S/c1-7-6-21-13(17-7)18-11(19)5-16-12(20)9-3-2-8(14)4-10(9)15/h2-4,6H,5H2,1H3,(H,16,20)(H,17,18,19). The Morgan fingerprint density at radius 1 is 1.33 bits per heavy atom. The zero-order chi connectivity index (χ0) is 15.4. The van der Waals surface area contributed by atoms with Gasteiger partial charge in [0.25, 0.3) is 5.91 Å². The van der Waals surface area contributed by atoms with Crippen LogP contribution in [0.15, 0.2) is 23.6 Å². The third-order valence-corrected chi connectivity index (χ3v) is 3.33. The first kappa shape index (κ1) is 15.0. The first-order valence-corrected chi connectivity index (χ1v) is 6.79. The monoisotopic (exact) mass is 311 g/mol. The fourth-order valence-corrected chi connectivity index (χ4v) is 2.21. The molecule has 2 aromatic rings. The Balaban J connectivity index is 1.90. The van der Waals surface area contributed by atoms with E-state index in [1.165, 1.54) is 11.3 Å². The third-order valence-electron chi connectivity index (χ3n) is 2.45. The maximum atomic E-state index is 13.4. The number of anilines is 1. The molecule has 8 heteroatoms. The lowest BCUT2D eigenvalue weighted by atomic mass is 10.2. The van der Waals surface area contributed by atoms with Gasteiger partial charge in [0.1, 0.15) is 11.6 Å². The Labute approximate surface area is 123 Å². The summed E-state index contributed by atoms with van der Waals surface area (Å²) in [5.41, 5.74) is 0.446. The molecule has 0 aliphatic heterocycles. The van der Waals surface area contributed by atoms with Crippen LogP contribution < -0.4 is 10.6 Å². The highest BCUT2D eigenvalue weighted by Gasteiger charge is 2.14. The molecule has 0 saturated carbocycles. The van der Waals surface area contributed by atoms with Crippen molar-refractivity contribution >= 4 is 28.3 Å². The first-order valence-electron chi connectivity index (χ1n) is 5.91. The highest BCUT2D eigenvalue weighted by molar-refractivity contribution is 7.13. The molecule has 0 bridgehead atoms. The molecule has 0 aliphatic carbocycles. The summed E-state index contributed by atoms with van der Waals surface area (Å²) in [6.45, 7) is 1.44. The first-order chi connectivity index (χ1) is 9.95. The van der Waals surface area contributed by atoms with Gasteiger partial charge in [-0.05, 0) is 19.1 Å². The van der Waals surface area contributed by atoms with Gasteiger partial charge in [-0.2, -0.15) is 0 Å². The molecule has 0 aliphatic rings. The molecule has 0 saturated heterocycles. The van der Waals surface area contributed by atoms with E-state index in [4.69, 9.17) is 0 Å². The molecule has 0 spiro atoms. The van der Waals surface area contributed by atoms with Crippen LogP contribution in [-0.2, 0) is 4.79 Å². The van der Waals surface area contributed by atoms with Crippen molar-refractivity contribution in [3.8, 4) is 0 Å². The molecule has 0 fully saturated rings. The van der Waals surface area contributed by atoms with Gasteiger partial charge in [-0.15, -0.1) is 11.3 Å². The molecule has 1 heterocycles. The number of amides is 2. The number of aromatic nitrogens is 1. The molecule has 1 aromatic carbocycles. The molecular weight excluding hydrogens is 300 g/mol. The van der Waals surface area contributed by atoms with Gasteiger partial charge in [0.2, 0.25) is 5.91 Å². The Morgan fingerprint density at radius 3 is 2.71 bits per heavy atom. The van der Waals surface area contributed by atoms with E-state index in [1.807, 2.05) is 0 Å². The van der Waals surface area contributed by atoms with Gasteiger partial charge in [-0.1, -0.05) is 0 Å². The topological polar surface area (TPSA) is 71.1 Å². The molecule has 2 rings (SSSR count). The fourth-order valence-electron chi connectivity index (χ4n) is 1.50. The van der Waals surface area contributed by atoms with Crippen LogP contribution >= 0.6 is 11.3 Å². The number of nitrogens with zero attached hydrogens (tertiary/aromatic N) is 1. The van der Waals surface area contributed by atoms with Crippen LogP contribution in [0.2, 0.25) is 0 Å². The number of aryl methyl sites for hydroxylation is 1. The number of carbonyl (C=O) groups excluding carboxylic acids is 2. The zero-order valence-electron chi connectivity index (χ0n) is 10.9. The normalized spacial score (nSPS) is 10.2. The molecule has 2 N–H and O–H groups in total. The second-order valence-electron chi connectivity index (χ2n) is 4.15. The summed E-state index contributed by atoms with van der Waals surface area (Å²) in [5.74, 6) is -3.04. The van der Waals surface area contributed by atoms with E-state index in [9.17, 15) is 18.4 Å². The lowest BCUT2D eigenvalue weighted by Gasteiger charge is -2.06. The number of thiazole rings is 1. The molecular formula is C13H11F2N3O2S. The van der Waals surface area contributed by atoms with Crippen molar-refractivity contribution in [3.05, 3.63) is 46.5 Å². The lowest BCUT2D eigenvalue weighted by molar-refractivity contribution is -0.115. The van der Waals surface area contributed by atoms with Crippen LogP contribution in [0.4, 0.5) is 13.9 Å². The van der Waals surface area contributed by atoms with Gasteiger partial charge >= 0.3 is 0 Å². The number of hydrogen-bond donors (Lipinski definition) is 2. The van der Waals surface area contributed by atoms with Crippen molar-refractivity contribution in [2.45, 2.75) is 6.92 Å². The van der Waals surface area contributed by atoms with Crippen LogP contribution in [-0.4, -0.2) is 23.3 Å². The van der Waals surface area contributed by atoms with Gasteiger partial charge in [-0.3, -0.25) is 9.59 Å². The van der Waals surface area contributed by atoms with Crippen LogP contribution in [0, 0.1) is 18.6 Å². The minimum absolute atomic E-state index is 0.325. The maximum absolute atomic E-state index is 13.4. The summed E-state index contributed by atoms with van der Waals surface area (Å²) in [5, 5.41) is 6.93. The molecule has 0 atom stereocenters. The van der Waals surface area contributed by atoms with Crippen molar-refractivity contribution in [2.24, 2.45) is 0 Å². The number of carbonyl (C=O) groups is 2. The second-order valence-corrected chi connectivity index (χ2v) is 5.01. The van der Waals surface area contributed by atoms with Crippen LogP contribution in [0.1, 0.15) is 16.1 Å². The van der Waals surface area contributed by atoms with Crippen molar-refractivity contribution in [2.75, 3.05) is 11.9 Å². The van der Waals surface area contributed by atoms with Crippen LogP contribution in [0.5, 0.6) is 0 Å². The third kappa shape index (κ3) is 4.06. The number of halogens is 2. The smallest absolute Gasteiger partial charge is 0.254 e. The summed E-state index contributed by atoms with van der Waals surface area (Å²) in [6, 6.07) is 2.59. The molecule has 1 aromatic heterocycles. The maximum Gasteiger partial charge on any atom is 0.254 e. The summed E-state index contributed by atoms with van der Waals surface area (Å²) in [6.07, 6.45) is 0. The molecule has 21 heavy (non-hydrogen) atoms. The van der Waals surface area contributed by atoms with E-state index < -0.39 is 23.4 Å². The summed E-state index contributed by atoms with van der Waals surface area (Å²) in [4.78, 5) is 27.3. The number of benzene rings is 1. The highest BCUT2D eigenvalue weighted by Crippen LogP contribution is 2.14. The Bertz CT molecular complexity index is 688. The molecule has 0 radical (unpaired) electrons. The van der Waals surface area contributed by atoms with E-state index in [1.54, 1.807) is 12.3 Å². The second kappa shape index (κ2) is 6.40. The Kier molecular flexibility index (Phi) is 4.59. The molecule has 5 nitrogen and oxygen atoms in total. The van der Waals surface area contributed by atoms with Gasteiger partial charge in [0, 0.05) is 11.4 Å². The van der Waals surface area contributed by atoms with Gasteiger partial charge in [0.15, 0.2) is 5.13 Å². The van der Waals surface area contributed by atoms with Crippen molar-refractivity contribution in [1.82, 2.24) is 10.3 Å². The Hall–Kier alpha value is -2.35. The van der Waals surface area contributed by atoms with Gasteiger partial charge in [-0.25, -0.2) is 13.8 Å². The molecule has 2 amide bonds. The van der Waals surface area contributed by atoms with Crippen molar-refractivity contribution in [1.29, 1.82) is 0 Å². The Morgan fingerprint density at radius 2 is 2.10 bits per heavy atom. The van der Waals surface area contributed by atoms with E-state index >= 15 is 0 Å². The quantitative estimate of drug-likeness (QED) is 0.908. The van der Waals surface area contributed by atoms with E-state index in [2.05, 4.69) is 15.6 Å². The minimum atomic E-state index is -0.983. The average Bonchev–Trinajstić information content (AvgIpc) is 2.81. The van der Waals surface area contributed by atoms with Crippen molar-refractivity contribution in [3.63, 3.8) is 0 Å². The number of rotatable bonds is 4. The van der Waals surface area contributed by atoms with Crippen LogP contribution in [0.3, 0.4) is 0 Å². The zero-order valence-corrected chi connectivity index (χ0v) is 11.8. The lowest BCUT2D eigenvalue weighted by Crippen LogP contribution is -2.33. The SMILES string of the molecule is Cc1csc(NC(=O)CNC(=O)c2ccc(F)cc2F)n1. The number of nitrogens with one attached hydrogen (secondary N) is 2. The van der Waals surface area contributed by atoms with Crippen LogP contribution in [0.25, 0.3) is 0 Å². The van der Waals surface area contributed by atoms with Crippen molar-refractivity contribution < 1.29 is 18.4 Å². The van der Waals surface area contributed by atoms with E-state index in [0.717, 1.165) is 17.8 Å². The minimum Gasteiger partial charge on any atom is -0.343 e. The molecule has 110 valence electrons. The summed E-state index contributed by atoms with van der Waals surface area (Å²) in [7, 11) is 0. The largest absolute Gasteiger partial charge is 0.343 e. The predicted molar refractivity (Wildman–Crippen MR) is 74.2 cm³/mol. The average molecular weight is 311 g/mol. The van der Waals surface area contributed by atoms with Gasteiger partial charge in [0.05, 0.1) is 17.8 Å². The highest BCUT2D eigenvalue weighted by atomic mass is 32.1. The fraction of sp³-hybridized carbons (Fsp3) is 0.154. The number of hydrogen-bond acceptors (Lipinski definition) is 4. The van der Waals surface area contributed by atoms with Gasteiger partial charge < -0.3 is 10.6 Å². The summed E-state index contributed by atoms with van der Waals surface area (Å²) < 4.78 is 26.1.